The minimum atomic E-state index is -0.399. The van der Waals surface area contributed by atoms with Gasteiger partial charge in [-0.05, 0) is 23.1 Å². The van der Waals surface area contributed by atoms with E-state index >= 15 is 0 Å². The second-order valence-electron chi connectivity index (χ2n) is 7.33. The Labute approximate surface area is 177 Å². The van der Waals surface area contributed by atoms with Gasteiger partial charge in [0, 0.05) is 13.0 Å². The second-order valence-corrected chi connectivity index (χ2v) is 7.33. The molecule has 0 aliphatic rings. The standard InChI is InChI=1S/C25H26N4O/c26-28-19-23(16-20-10-4-1-5-11-20)29-25(30)24(17-21-12-6-2-7-13-21)27-18-22-14-8-3-9-15-22/h1-15,23-24,27H,16-19H2/p+1. The van der Waals surface area contributed by atoms with Crippen LogP contribution >= 0.6 is 0 Å². The number of amides is 1. The number of carbonyl (C=O) groups excluding carboxylic acids is 1. The van der Waals surface area contributed by atoms with Crippen LogP contribution in [-0.4, -0.2) is 24.5 Å². The normalized spacial score (nSPS) is 12.5. The summed E-state index contributed by atoms with van der Waals surface area (Å²) < 4.78 is 0. The van der Waals surface area contributed by atoms with E-state index < -0.39 is 6.04 Å². The number of nitrogens with one attached hydrogen (secondary N) is 2. The molecular weight excluding hydrogens is 372 g/mol. The molecule has 0 aromatic heterocycles. The molecule has 5 heteroatoms. The van der Waals surface area contributed by atoms with E-state index in [2.05, 4.69) is 15.6 Å². The van der Waals surface area contributed by atoms with Crippen LogP contribution in [0.1, 0.15) is 16.7 Å². The molecule has 0 spiro atoms. The maximum Gasteiger partial charge on any atom is 0.325 e. The zero-order chi connectivity index (χ0) is 21.0. The van der Waals surface area contributed by atoms with Crippen LogP contribution in [0.15, 0.2) is 91.0 Å². The van der Waals surface area contributed by atoms with E-state index in [1.54, 1.807) is 0 Å². The number of diazo groups is 1. The summed E-state index contributed by atoms with van der Waals surface area (Å²) in [5.74, 6) is -0.0978. The van der Waals surface area contributed by atoms with E-state index in [0.29, 0.717) is 19.4 Å². The van der Waals surface area contributed by atoms with Gasteiger partial charge in [-0.1, -0.05) is 91.0 Å². The summed E-state index contributed by atoms with van der Waals surface area (Å²) in [7, 11) is 0. The highest BCUT2D eigenvalue weighted by atomic mass is 16.2. The van der Waals surface area contributed by atoms with Crippen LogP contribution in [0, 0.1) is 5.39 Å². The summed E-state index contributed by atoms with van der Waals surface area (Å²) in [4.78, 5) is 16.4. The fourth-order valence-corrected chi connectivity index (χ4v) is 3.40. The highest BCUT2D eigenvalue weighted by Crippen LogP contribution is 2.08. The minimum absolute atomic E-state index is 0.0978. The summed E-state index contributed by atoms with van der Waals surface area (Å²) in [5.41, 5.74) is 3.29. The Bertz CT molecular complexity index is 939. The zero-order valence-corrected chi connectivity index (χ0v) is 16.9. The quantitative estimate of drug-likeness (QED) is 0.507. The van der Waals surface area contributed by atoms with Crippen molar-refractivity contribution in [3.63, 3.8) is 0 Å². The molecule has 30 heavy (non-hydrogen) atoms. The molecule has 2 atom stereocenters. The molecule has 152 valence electrons. The van der Waals surface area contributed by atoms with Crippen LogP contribution in [-0.2, 0) is 24.2 Å². The molecule has 0 radical (unpaired) electrons. The average Bonchev–Trinajstić information content (AvgIpc) is 2.79. The highest BCUT2D eigenvalue weighted by Gasteiger charge is 2.24. The fraction of sp³-hybridized carbons (Fsp3) is 0.240. The first-order chi connectivity index (χ1) is 14.7. The van der Waals surface area contributed by atoms with Gasteiger partial charge in [-0.15, -0.1) is 0 Å². The fourth-order valence-electron chi connectivity index (χ4n) is 3.40. The monoisotopic (exact) mass is 399 g/mol. The van der Waals surface area contributed by atoms with E-state index in [9.17, 15) is 4.79 Å². The Morgan fingerprint density at radius 2 is 1.27 bits per heavy atom. The summed E-state index contributed by atoms with van der Waals surface area (Å²) >= 11 is 0. The van der Waals surface area contributed by atoms with Crippen molar-refractivity contribution in [2.75, 3.05) is 6.54 Å². The van der Waals surface area contributed by atoms with E-state index in [1.165, 1.54) is 0 Å². The van der Waals surface area contributed by atoms with Gasteiger partial charge < -0.3 is 10.6 Å². The predicted molar refractivity (Wildman–Crippen MR) is 119 cm³/mol. The lowest BCUT2D eigenvalue weighted by Crippen LogP contribution is -2.50. The molecule has 0 bridgehead atoms. The zero-order valence-electron chi connectivity index (χ0n) is 16.9. The minimum Gasteiger partial charge on any atom is -0.344 e. The van der Waals surface area contributed by atoms with Gasteiger partial charge >= 0.3 is 6.54 Å². The molecule has 2 unspecified atom stereocenters. The number of rotatable bonds is 10. The van der Waals surface area contributed by atoms with Crippen LogP contribution in [0.25, 0.3) is 4.98 Å². The third kappa shape index (κ3) is 6.84. The molecule has 0 fully saturated rings. The van der Waals surface area contributed by atoms with Gasteiger partial charge in [-0.2, -0.15) is 0 Å². The highest BCUT2D eigenvalue weighted by molar-refractivity contribution is 5.82. The summed E-state index contributed by atoms with van der Waals surface area (Å²) in [6, 6.07) is 29.2. The SMILES string of the molecule is N#[N+]CC(Cc1ccccc1)NC(=O)C(Cc1ccccc1)NCc1ccccc1. The van der Waals surface area contributed by atoms with Crippen molar-refractivity contribution < 1.29 is 4.79 Å². The van der Waals surface area contributed by atoms with Crippen molar-refractivity contribution in [1.29, 1.82) is 5.39 Å². The molecular formula is C25H27N4O+. The van der Waals surface area contributed by atoms with Gasteiger partial charge in [-0.3, -0.25) is 4.79 Å². The Balaban J connectivity index is 1.69. The van der Waals surface area contributed by atoms with Gasteiger partial charge in [0.2, 0.25) is 11.3 Å². The van der Waals surface area contributed by atoms with E-state index in [1.807, 2.05) is 91.0 Å². The molecule has 0 saturated carbocycles. The van der Waals surface area contributed by atoms with Crippen molar-refractivity contribution in [3.8, 4) is 0 Å². The lowest BCUT2D eigenvalue weighted by molar-refractivity contribution is -0.123. The number of hydrogen-bond acceptors (Lipinski definition) is 3. The maximum atomic E-state index is 13.1. The molecule has 0 saturated heterocycles. The molecule has 2 N–H and O–H groups in total. The van der Waals surface area contributed by atoms with Crippen LogP contribution < -0.4 is 10.6 Å². The number of benzene rings is 3. The van der Waals surface area contributed by atoms with Crippen LogP contribution in [0.5, 0.6) is 0 Å². The van der Waals surface area contributed by atoms with Gasteiger partial charge in [0.1, 0.15) is 11.0 Å². The third-order valence-corrected chi connectivity index (χ3v) is 4.97. The Hall–Kier alpha value is -3.49. The first kappa shape index (κ1) is 21.2. The molecule has 1 amide bonds. The second kappa shape index (κ2) is 11.5. The van der Waals surface area contributed by atoms with Crippen molar-refractivity contribution in [3.05, 3.63) is 113 Å². The Morgan fingerprint density at radius 1 is 0.767 bits per heavy atom. The van der Waals surface area contributed by atoms with Crippen molar-refractivity contribution in [1.82, 2.24) is 10.6 Å². The molecule has 3 aromatic rings. The molecule has 0 aliphatic carbocycles. The average molecular weight is 400 g/mol. The lowest BCUT2D eigenvalue weighted by atomic mass is 10.0. The lowest BCUT2D eigenvalue weighted by Gasteiger charge is -2.21. The first-order valence-corrected chi connectivity index (χ1v) is 10.2. The van der Waals surface area contributed by atoms with Gasteiger partial charge in [0.05, 0.1) is 6.04 Å². The molecule has 0 heterocycles. The maximum absolute atomic E-state index is 13.1. The topological polar surface area (TPSA) is 69.3 Å². The molecule has 3 aromatic carbocycles. The summed E-state index contributed by atoms with van der Waals surface area (Å²) in [6.07, 6.45) is 1.18. The summed E-state index contributed by atoms with van der Waals surface area (Å²) in [6.45, 7) is 0.747. The predicted octanol–water partition coefficient (Wildman–Crippen LogP) is 3.97. The van der Waals surface area contributed by atoms with Crippen LogP contribution in [0.4, 0.5) is 0 Å². The smallest absolute Gasteiger partial charge is 0.325 e. The summed E-state index contributed by atoms with van der Waals surface area (Å²) in [5, 5.41) is 15.6. The molecule has 3 rings (SSSR count). The third-order valence-electron chi connectivity index (χ3n) is 4.97. The molecule has 5 nitrogen and oxygen atoms in total. The Morgan fingerprint density at radius 3 is 1.80 bits per heavy atom. The van der Waals surface area contributed by atoms with E-state index in [-0.39, 0.29) is 18.5 Å². The Kier molecular flexibility index (Phi) is 8.13. The first-order valence-electron chi connectivity index (χ1n) is 10.2. The van der Waals surface area contributed by atoms with E-state index in [4.69, 9.17) is 5.39 Å². The number of nitrogens with zero attached hydrogens (tertiary/aromatic N) is 2. The van der Waals surface area contributed by atoms with Crippen molar-refractivity contribution in [2.24, 2.45) is 0 Å². The molecule has 0 aliphatic heterocycles. The van der Waals surface area contributed by atoms with Crippen LogP contribution in [0.2, 0.25) is 0 Å². The van der Waals surface area contributed by atoms with Crippen molar-refractivity contribution >= 4 is 5.91 Å². The van der Waals surface area contributed by atoms with Gasteiger partial charge in [-0.25, -0.2) is 0 Å². The largest absolute Gasteiger partial charge is 0.344 e. The van der Waals surface area contributed by atoms with E-state index in [0.717, 1.165) is 16.7 Å². The van der Waals surface area contributed by atoms with Gasteiger partial charge in [0.15, 0.2) is 0 Å². The van der Waals surface area contributed by atoms with Gasteiger partial charge in [0.25, 0.3) is 0 Å². The number of hydrogen-bond donors (Lipinski definition) is 2. The van der Waals surface area contributed by atoms with Crippen molar-refractivity contribution in [2.45, 2.75) is 31.5 Å². The van der Waals surface area contributed by atoms with Crippen LogP contribution in [0.3, 0.4) is 0 Å². The number of carbonyl (C=O) groups is 1.